The minimum Gasteiger partial charge on any atom is -0.404 e. The monoisotopic (exact) mass is 456 g/mol. The van der Waals surface area contributed by atoms with E-state index in [1.807, 2.05) is 36.1 Å². The maximum Gasteiger partial charge on any atom is 0.251 e. The lowest BCUT2D eigenvalue weighted by atomic mass is 9.89. The number of carbonyl (C=O) groups is 1. The van der Waals surface area contributed by atoms with Crippen LogP contribution in [0.1, 0.15) is 44.6 Å². The van der Waals surface area contributed by atoms with E-state index in [2.05, 4.69) is 54.5 Å². The van der Waals surface area contributed by atoms with E-state index in [1.54, 1.807) is 6.20 Å². The zero-order valence-corrected chi connectivity index (χ0v) is 20.3. The third-order valence-electron chi connectivity index (χ3n) is 6.87. The van der Waals surface area contributed by atoms with Crippen molar-refractivity contribution in [3.63, 3.8) is 0 Å². The SMILES string of the molecule is C=C/C=c1/cc(C2C=C(C)C=CC2)cc(NC2CCN(C(=O)C3=CC=C(C)NC3)CC2)/c1=C/N. The maximum atomic E-state index is 12.9. The molecule has 1 unspecified atom stereocenters. The number of amides is 1. The normalized spacial score (nSPS) is 22.0. The molecule has 2 heterocycles. The summed E-state index contributed by atoms with van der Waals surface area (Å²) in [6.45, 7) is 10.2. The van der Waals surface area contributed by atoms with Crippen LogP contribution in [0.25, 0.3) is 12.3 Å². The Hall–Kier alpha value is -3.47. The van der Waals surface area contributed by atoms with Gasteiger partial charge in [-0.25, -0.2) is 0 Å². The van der Waals surface area contributed by atoms with Crippen LogP contribution in [0, 0.1) is 0 Å². The average Bonchev–Trinajstić information content (AvgIpc) is 2.85. The molecule has 1 aromatic carbocycles. The van der Waals surface area contributed by atoms with Crippen molar-refractivity contribution in [2.45, 2.75) is 45.1 Å². The van der Waals surface area contributed by atoms with Gasteiger partial charge in [-0.2, -0.15) is 0 Å². The Labute approximate surface area is 202 Å². The summed E-state index contributed by atoms with van der Waals surface area (Å²) in [5, 5.41) is 9.08. The van der Waals surface area contributed by atoms with E-state index in [0.29, 0.717) is 18.5 Å². The molecule has 1 aliphatic carbocycles. The Morgan fingerprint density at radius 2 is 2.03 bits per heavy atom. The van der Waals surface area contributed by atoms with Gasteiger partial charge in [-0.3, -0.25) is 4.79 Å². The van der Waals surface area contributed by atoms with E-state index in [0.717, 1.165) is 59.7 Å². The second-order valence-corrected chi connectivity index (χ2v) is 9.40. The van der Waals surface area contributed by atoms with Crippen LogP contribution in [0.3, 0.4) is 0 Å². The number of piperidine rings is 1. The molecular formula is C29H36N4O. The minimum atomic E-state index is 0.142. The number of hydrogen-bond acceptors (Lipinski definition) is 4. The summed E-state index contributed by atoms with van der Waals surface area (Å²) in [6, 6.07) is 4.76. The zero-order chi connectivity index (χ0) is 24.1. The summed E-state index contributed by atoms with van der Waals surface area (Å²) in [5.74, 6) is 0.493. The predicted molar refractivity (Wildman–Crippen MR) is 142 cm³/mol. The van der Waals surface area contributed by atoms with Crippen LogP contribution in [0.15, 0.2) is 72.0 Å². The molecule has 5 nitrogen and oxygen atoms in total. The highest BCUT2D eigenvalue weighted by atomic mass is 16.2. The highest BCUT2D eigenvalue weighted by Gasteiger charge is 2.25. The van der Waals surface area contributed by atoms with Gasteiger partial charge in [0.15, 0.2) is 0 Å². The summed E-state index contributed by atoms with van der Waals surface area (Å²) < 4.78 is 0. The fraction of sp³-hybridized carbons (Fsp3) is 0.345. The van der Waals surface area contributed by atoms with Crippen molar-refractivity contribution in [1.29, 1.82) is 0 Å². The van der Waals surface area contributed by atoms with E-state index in [4.69, 9.17) is 5.73 Å². The molecule has 1 saturated heterocycles. The lowest BCUT2D eigenvalue weighted by molar-refractivity contribution is -0.128. The Morgan fingerprint density at radius 1 is 1.24 bits per heavy atom. The summed E-state index contributed by atoms with van der Waals surface area (Å²) in [7, 11) is 0. The first-order valence-electron chi connectivity index (χ1n) is 12.2. The van der Waals surface area contributed by atoms with Gasteiger partial charge >= 0.3 is 0 Å². The number of nitrogens with one attached hydrogen (secondary N) is 2. The van der Waals surface area contributed by atoms with Crippen molar-refractivity contribution >= 4 is 23.9 Å². The molecule has 0 spiro atoms. The lowest BCUT2D eigenvalue weighted by Gasteiger charge is -2.34. The number of allylic oxidation sites excluding steroid dienone is 8. The maximum absolute atomic E-state index is 12.9. The quantitative estimate of drug-likeness (QED) is 0.637. The van der Waals surface area contributed by atoms with E-state index in [1.165, 1.54) is 11.1 Å². The van der Waals surface area contributed by atoms with Gasteiger partial charge in [0.05, 0.1) is 0 Å². The fourth-order valence-corrected chi connectivity index (χ4v) is 4.93. The van der Waals surface area contributed by atoms with Crippen LogP contribution in [0.5, 0.6) is 0 Å². The summed E-state index contributed by atoms with van der Waals surface area (Å²) in [6.07, 6.45) is 19.0. The molecule has 2 aliphatic heterocycles. The molecule has 1 atom stereocenters. The molecule has 178 valence electrons. The van der Waals surface area contributed by atoms with Crippen LogP contribution < -0.4 is 26.8 Å². The summed E-state index contributed by atoms with van der Waals surface area (Å²) in [5.41, 5.74) is 11.6. The van der Waals surface area contributed by atoms with Crippen LogP contribution in [0.2, 0.25) is 0 Å². The Kier molecular flexibility index (Phi) is 7.41. The molecule has 0 aromatic heterocycles. The van der Waals surface area contributed by atoms with Gasteiger partial charge in [0.2, 0.25) is 0 Å². The van der Waals surface area contributed by atoms with E-state index < -0.39 is 0 Å². The molecule has 1 fully saturated rings. The van der Waals surface area contributed by atoms with Gasteiger partial charge in [0.25, 0.3) is 5.91 Å². The molecule has 0 saturated carbocycles. The molecule has 0 bridgehead atoms. The molecular weight excluding hydrogens is 420 g/mol. The van der Waals surface area contributed by atoms with E-state index in [9.17, 15) is 4.79 Å². The Morgan fingerprint density at radius 3 is 2.68 bits per heavy atom. The zero-order valence-electron chi connectivity index (χ0n) is 20.3. The number of anilines is 1. The van der Waals surface area contributed by atoms with Crippen molar-refractivity contribution < 1.29 is 4.79 Å². The second-order valence-electron chi connectivity index (χ2n) is 9.40. The van der Waals surface area contributed by atoms with Crippen molar-refractivity contribution in [3.8, 4) is 0 Å². The van der Waals surface area contributed by atoms with E-state index >= 15 is 0 Å². The number of benzene rings is 1. The first kappa shape index (κ1) is 23.7. The van der Waals surface area contributed by atoms with Gasteiger partial charge < -0.3 is 21.3 Å². The Bertz CT molecular complexity index is 1190. The van der Waals surface area contributed by atoms with Gasteiger partial charge in [-0.15, -0.1) is 0 Å². The molecule has 4 N–H and O–H groups in total. The van der Waals surface area contributed by atoms with Crippen LogP contribution >= 0.6 is 0 Å². The number of nitrogens with two attached hydrogens (primary N) is 1. The molecule has 34 heavy (non-hydrogen) atoms. The van der Waals surface area contributed by atoms with Crippen LogP contribution in [-0.2, 0) is 4.79 Å². The fourth-order valence-electron chi connectivity index (χ4n) is 4.93. The topological polar surface area (TPSA) is 70.4 Å². The van der Waals surface area contributed by atoms with Crippen LogP contribution in [-0.4, -0.2) is 36.5 Å². The lowest BCUT2D eigenvalue weighted by Crippen LogP contribution is -2.45. The highest BCUT2D eigenvalue weighted by Crippen LogP contribution is 2.27. The van der Waals surface area contributed by atoms with Crippen molar-refractivity contribution in [2.24, 2.45) is 5.73 Å². The third kappa shape index (κ3) is 5.36. The highest BCUT2D eigenvalue weighted by molar-refractivity contribution is 5.94. The first-order valence-corrected chi connectivity index (χ1v) is 12.2. The Balaban J connectivity index is 1.51. The number of likely N-dealkylation sites (tertiary alicyclic amines) is 1. The van der Waals surface area contributed by atoms with Crippen molar-refractivity contribution in [3.05, 3.63) is 88.0 Å². The van der Waals surface area contributed by atoms with Gasteiger partial charge in [-0.05, 0) is 56.0 Å². The first-order chi connectivity index (χ1) is 16.5. The molecule has 4 rings (SSSR count). The standard InChI is InChI=1S/C29H36N4O/c1-4-6-23-16-25(22-8-5-7-20(2)15-22)17-28(27(23)18-30)32-26-11-13-33(14-12-26)29(34)24-10-9-21(3)31-19-24/h4-7,9-10,15-18,22,26,31-32H,1,8,11-14,19,30H2,2-3H3/b23-6-,27-18+. The predicted octanol–water partition coefficient (Wildman–Crippen LogP) is 3.18. The summed E-state index contributed by atoms with van der Waals surface area (Å²) in [4.78, 5) is 14.9. The third-order valence-corrected chi connectivity index (χ3v) is 6.87. The number of hydrogen-bond donors (Lipinski definition) is 3. The van der Waals surface area contributed by atoms with Gasteiger partial charge in [-0.1, -0.05) is 54.7 Å². The molecule has 1 amide bonds. The summed E-state index contributed by atoms with van der Waals surface area (Å²) >= 11 is 0. The van der Waals surface area contributed by atoms with E-state index in [-0.39, 0.29) is 5.91 Å². The number of rotatable bonds is 5. The van der Waals surface area contributed by atoms with Gasteiger partial charge in [0.1, 0.15) is 0 Å². The largest absolute Gasteiger partial charge is 0.404 e. The number of carbonyl (C=O) groups excluding carboxylic acids is 1. The van der Waals surface area contributed by atoms with Crippen molar-refractivity contribution in [2.75, 3.05) is 25.0 Å². The molecule has 0 radical (unpaired) electrons. The number of nitrogens with zero attached hydrogens (tertiary/aromatic N) is 1. The molecule has 3 aliphatic rings. The second kappa shape index (κ2) is 10.6. The van der Waals surface area contributed by atoms with Crippen molar-refractivity contribution in [1.82, 2.24) is 10.2 Å². The average molecular weight is 457 g/mol. The minimum absolute atomic E-state index is 0.142. The smallest absolute Gasteiger partial charge is 0.251 e. The van der Waals surface area contributed by atoms with Crippen LogP contribution in [0.4, 0.5) is 5.69 Å². The van der Waals surface area contributed by atoms with Gasteiger partial charge in [0, 0.05) is 60.0 Å². The molecule has 1 aromatic rings. The number of dihydropyridines is 1. The molecule has 5 heteroatoms.